The van der Waals surface area contributed by atoms with Crippen molar-refractivity contribution in [2.24, 2.45) is 11.7 Å². The Morgan fingerprint density at radius 1 is 1.26 bits per heavy atom. The number of halogens is 1. The van der Waals surface area contributed by atoms with Gasteiger partial charge in [0.05, 0.1) is 6.04 Å². The minimum Gasteiger partial charge on any atom is -0.459 e. The van der Waals surface area contributed by atoms with Crippen molar-refractivity contribution in [1.82, 2.24) is 0 Å². The summed E-state index contributed by atoms with van der Waals surface area (Å²) in [5.74, 6) is 1.76. The zero-order valence-electron chi connectivity index (χ0n) is 11.1. The average molecular weight is 278 g/mol. The van der Waals surface area contributed by atoms with Gasteiger partial charge in [-0.1, -0.05) is 37.3 Å². The largest absolute Gasteiger partial charge is 0.459 e. The number of furan rings is 1. The maximum absolute atomic E-state index is 6.25. The first-order valence-electron chi connectivity index (χ1n) is 7.17. The molecule has 0 saturated heterocycles. The van der Waals surface area contributed by atoms with E-state index in [-0.39, 0.29) is 6.04 Å². The third kappa shape index (κ3) is 2.96. The average Bonchev–Trinajstić information content (AvgIpc) is 3.04. The maximum Gasteiger partial charge on any atom is 0.134 e. The maximum atomic E-state index is 6.25. The molecule has 0 bridgehead atoms. The van der Waals surface area contributed by atoms with Crippen molar-refractivity contribution in [1.29, 1.82) is 0 Å². The van der Waals surface area contributed by atoms with Crippen molar-refractivity contribution in [3.05, 3.63) is 35.0 Å². The molecule has 1 atom stereocenters. The van der Waals surface area contributed by atoms with E-state index in [9.17, 15) is 0 Å². The van der Waals surface area contributed by atoms with Crippen LogP contribution in [-0.2, 0) is 0 Å². The molecule has 0 radical (unpaired) electrons. The van der Waals surface area contributed by atoms with Crippen LogP contribution >= 0.6 is 11.6 Å². The van der Waals surface area contributed by atoms with Gasteiger partial charge in [-0.25, -0.2) is 0 Å². The van der Waals surface area contributed by atoms with Crippen LogP contribution in [0.15, 0.2) is 28.7 Å². The highest BCUT2D eigenvalue weighted by Gasteiger charge is 2.18. The molecule has 3 rings (SSSR count). The lowest BCUT2D eigenvalue weighted by Crippen LogP contribution is -2.10. The van der Waals surface area contributed by atoms with Gasteiger partial charge in [0.2, 0.25) is 0 Å². The van der Waals surface area contributed by atoms with E-state index in [1.807, 2.05) is 24.3 Å². The van der Waals surface area contributed by atoms with Crippen LogP contribution in [0, 0.1) is 5.92 Å². The van der Waals surface area contributed by atoms with Crippen LogP contribution in [0.3, 0.4) is 0 Å². The molecule has 2 N–H and O–H groups in total. The van der Waals surface area contributed by atoms with Crippen LogP contribution in [-0.4, -0.2) is 0 Å². The molecule has 3 heteroatoms. The topological polar surface area (TPSA) is 39.2 Å². The van der Waals surface area contributed by atoms with Gasteiger partial charge in [0.25, 0.3) is 0 Å². The van der Waals surface area contributed by atoms with Crippen LogP contribution in [0.2, 0.25) is 5.02 Å². The molecule has 102 valence electrons. The second-order valence-corrected chi connectivity index (χ2v) is 6.10. The summed E-state index contributed by atoms with van der Waals surface area (Å²) in [4.78, 5) is 0. The molecule has 1 saturated carbocycles. The lowest BCUT2D eigenvalue weighted by molar-refractivity contribution is 0.415. The van der Waals surface area contributed by atoms with E-state index >= 15 is 0 Å². The zero-order valence-corrected chi connectivity index (χ0v) is 11.8. The number of hydrogen-bond acceptors (Lipinski definition) is 2. The van der Waals surface area contributed by atoms with Crippen molar-refractivity contribution in [2.75, 3.05) is 0 Å². The molecule has 1 aliphatic carbocycles. The Bertz CT molecular complexity index is 557. The lowest BCUT2D eigenvalue weighted by Gasteiger charge is -2.12. The lowest BCUT2D eigenvalue weighted by atomic mass is 9.98. The van der Waals surface area contributed by atoms with E-state index in [4.69, 9.17) is 21.8 Å². The van der Waals surface area contributed by atoms with Gasteiger partial charge in [-0.2, -0.15) is 0 Å². The second-order valence-electron chi connectivity index (χ2n) is 5.67. The fourth-order valence-corrected chi connectivity index (χ4v) is 3.25. The first-order chi connectivity index (χ1) is 9.22. The first-order valence-corrected chi connectivity index (χ1v) is 7.55. The highest BCUT2D eigenvalue weighted by molar-refractivity contribution is 6.31. The Morgan fingerprint density at radius 2 is 2.05 bits per heavy atom. The van der Waals surface area contributed by atoms with Gasteiger partial charge in [0, 0.05) is 10.4 Å². The quantitative estimate of drug-likeness (QED) is 0.849. The third-order valence-corrected chi connectivity index (χ3v) is 4.46. The van der Waals surface area contributed by atoms with E-state index in [0.717, 1.165) is 34.1 Å². The molecular formula is C16H20ClNO. The fourth-order valence-electron chi connectivity index (χ4n) is 3.07. The summed E-state index contributed by atoms with van der Waals surface area (Å²) in [6.07, 6.45) is 7.77. The summed E-state index contributed by atoms with van der Waals surface area (Å²) < 4.78 is 5.82. The van der Waals surface area contributed by atoms with Crippen LogP contribution in [0.1, 0.15) is 50.3 Å². The second kappa shape index (κ2) is 5.56. The number of rotatable bonds is 4. The van der Waals surface area contributed by atoms with Crippen LogP contribution in [0.5, 0.6) is 0 Å². The van der Waals surface area contributed by atoms with E-state index < -0.39 is 0 Å². The molecule has 1 unspecified atom stereocenters. The molecule has 2 aromatic rings. The molecule has 0 amide bonds. The van der Waals surface area contributed by atoms with Crippen molar-refractivity contribution in [3.8, 4) is 0 Å². The van der Waals surface area contributed by atoms with Crippen LogP contribution in [0.4, 0.5) is 0 Å². The molecule has 1 heterocycles. The first kappa shape index (κ1) is 13.0. The van der Waals surface area contributed by atoms with Gasteiger partial charge in [0.1, 0.15) is 11.3 Å². The summed E-state index contributed by atoms with van der Waals surface area (Å²) >= 11 is 5.98. The summed E-state index contributed by atoms with van der Waals surface area (Å²) in [6, 6.07) is 7.71. The molecule has 1 aliphatic rings. The Kier molecular flexibility index (Phi) is 3.81. The fraction of sp³-hybridized carbons (Fsp3) is 0.500. The highest BCUT2D eigenvalue weighted by atomic mass is 35.5. The number of benzene rings is 1. The summed E-state index contributed by atoms with van der Waals surface area (Å²) in [5.41, 5.74) is 7.12. The molecule has 2 nitrogen and oxygen atoms in total. The smallest absolute Gasteiger partial charge is 0.134 e. The summed E-state index contributed by atoms with van der Waals surface area (Å²) in [7, 11) is 0. The standard InChI is InChI=1S/C16H20ClNO/c17-13-6-8-15-12(9-13)10-16(19-15)14(18)7-5-11-3-1-2-4-11/h6,8-11,14H,1-5,7,18H2. The number of fused-ring (bicyclic) bond motifs is 1. The third-order valence-electron chi connectivity index (χ3n) is 4.22. The zero-order chi connectivity index (χ0) is 13.2. The van der Waals surface area contributed by atoms with Crippen molar-refractivity contribution >= 4 is 22.6 Å². The van der Waals surface area contributed by atoms with Crippen LogP contribution in [0.25, 0.3) is 11.0 Å². The Hall–Kier alpha value is -0.990. The molecular weight excluding hydrogens is 258 g/mol. The van der Waals surface area contributed by atoms with E-state index in [1.54, 1.807) is 0 Å². The van der Waals surface area contributed by atoms with Crippen molar-refractivity contribution in [2.45, 2.75) is 44.6 Å². The molecule has 1 aromatic heterocycles. The summed E-state index contributed by atoms with van der Waals surface area (Å²) in [5, 5.41) is 1.78. The van der Waals surface area contributed by atoms with Crippen LogP contribution < -0.4 is 5.73 Å². The number of hydrogen-bond donors (Lipinski definition) is 1. The molecule has 0 aliphatic heterocycles. The molecule has 19 heavy (non-hydrogen) atoms. The van der Waals surface area contributed by atoms with E-state index in [1.165, 1.54) is 32.1 Å². The normalized spacial score (nSPS) is 18.2. The molecule has 1 aromatic carbocycles. The predicted octanol–water partition coefficient (Wildman–Crippen LogP) is 5.06. The monoisotopic (exact) mass is 277 g/mol. The predicted molar refractivity (Wildman–Crippen MR) is 79.3 cm³/mol. The minimum absolute atomic E-state index is 0.00627. The van der Waals surface area contributed by atoms with E-state index in [0.29, 0.717) is 0 Å². The molecule has 1 fully saturated rings. The highest BCUT2D eigenvalue weighted by Crippen LogP contribution is 2.32. The molecule has 0 spiro atoms. The van der Waals surface area contributed by atoms with Gasteiger partial charge in [-0.05, 0) is 43.0 Å². The Labute approximate surface area is 118 Å². The van der Waals surface area contributed by atoms with Gasteiger partial charge in [-0.15, -0.1) is 0 Å². The van der Waals surface area contributed by atoms with E-state index in [2.05, 4.69) is 0 Å². The van der Waals surface area contributed by atoms with Gasteiger partial charge < -0.3 is 10.2 Å². The summed E-state index contributed by atoms with van der Waals surface area (Å²) in [6.45, 7) is 0. The number of nitrogens with two attached hydrogens (primary N) is 1. The van der Waals surface area contributed by atoms with Crippen molar-refractivity contribution in [3.63, 3.8) is 0 Å². The Morgan fingerprint density at radius 3 is 2.84 bits per heavy atom. The van der Waals surface area contributed by atoms with Gasteiger partial charge >= 0.3 is 0 Å². The van der Waals surface area contributed by atoms with Gasteiger partial charge in [-0.3, -0.25) is 0 Å². The van der Waals surface area contributed by atoms with Gasteiger partial charge in [0.15, 0.2) is 0 Å². The minimum atomic E-state index is 0.00627. The van der Waals surface area contributed by atoms with Crippen molar-refractivity contribution < 1.29 is 4.42 Å². The Balaban J connectivity index is 1.68. The SMILES string of the molecule is NC(CCC1CCCC1)c1cc2cc(Cl)ccc2o1.